The number of nitrogen functional groups attached to an aromatic ring is 1. The lowest BCUT2D eigenvalue weighted by Crippen LogP contribution is -1.99. The Hall–Kier alpha value is -1.06. The third-order valence-electron chi connectivity index (χ3n) is 1.96. The van der Waals surface area contributed by atoms with Crippen molar-refractivity contribution in [1.82, 2.24) is 10.1 Å². The molecule has 1 aromatic heterocycles. The summed E-state index contributed by atoms with van der Waals surface area (Å²) in [4.78, 5) is 3.94. The van der Waals surface area contributed by atoms with Crippen molar-refractivity contribution in [2.75, 3.05) is 5.73 Å². The van der Waals surface area contributed by atoms with Crippen molar-refractivity contribution in [2.24, 2.45) is 0 Å². The molecule has 0 unspecified atom stereocenters. The Morgan fingerprint density at radius 2 is 2.30 bits per heavy atom. The van der Waals surface area contributed by atoms with E-state index < -0.39 is 0 Å². The second kappa shape index (κ2) is 1.51. The first-order chi connectivity index (χ1) is 4.71. The topological polar surface area (TPSA) is 64.9 Å². The molecule has 1 aliphatic rings. The summed E-state index contributed by atoms with van der Waals surface area (Å²) in [5.41, 5.74) is 5.43. The Morgan fingerprint density at radius 3 is 2.70 bits per heavy atom. The molecule has 2 rings (SSSR count). The summed E-state index contributed by atoms with van der Waals surface area (Å²) in [7, 11) is 0. The summed E-state index contributed by atoms with van der Waals surface area (Å²) in [6.07, 6.45) is 2.27. The van der Waals surface area contributed by atoms with E-state index in [1.54, 1.807) is 0 Å². The van der Waals surface area contributed by atoms with Crippen LogP contribution in [0.3, 0.4) is 0 Å². The molecule has 4 nitrogen and oxygen atoms in total. The lowest BCUT2D eigenvalue weighted by molar-refractivity contribution is 0.353. The third kappa shape index (κ3) is 0.683. The van der Waals surface area contributed by atoms with Crippen LogP contribution in [-0.4, -0.2) is 10.1 Å². The van der Waals surface area contributed by atoms with Gasteiger partial charge in [0.15, 0.2) is 0 Å². The van der Waals surface area contributed by atoms with Crippen molar-refractivity contribution in [2.45, 2.75) is 25.2 Å². The van der Waals surface area contributed by atoms with Gasteiger partial charge < -0.3 is 10.3 Å². The van der Waals surface area contributed by atoms with E-state index in [1.165, 1.54) is 0 Å². The van der Waals surface area contributed by atoms with Gasteiger partial charge >= 0.3 is 0 Å². The molecule has 10 heavy (non-hydrogen) atoms. The molecule has 1 aliphatic carbocycles. The second-order valence-electron chi connectivity index (χ2n) is 3.02. The fourth-order valence-corrected chi connectivity index (χ4v) is 0.881. The molecule has 1 saturated carbocycles. The first-order valence-corrected chi connectivity index (χ1v) is 3.30. The zero-order chi connectivity index (χ0) is 7.19. The molecule has 2 N–H and O–H groups in total. The van der Waals surface area contributed by atoms with Crippen LogP contribution in [0.15, 0.2) is 4.52 Å². The van der Waals surface area contributed by atoms with Crippen molar-refractivity contribution in [3.8, 4) is 0 Å². The van der Waals surface area contributed by atoms with Gasteiger partial charge in [0.2, 0.25) is 5.89 Å². The maximum atomic E-state index is 5.29. The maximum Gasteiger partial charge on any atom is 0.260 e. The van der Waals surface area contributed by atoms with Crippen LogP contribution in [0.5, 0.6) is 0 Å². The van der Waals surface area contributed by atoms with Crippen molar-refractivity contribution in [3.63, 3.8) is 0 Å². The number of aromatic nitrogens is 2. The van der Waals surface area contributed by atoms with Crippen LogP contribution in [-0.2, 0) is 5.41 Å². The number of nitrogens with zero attached hydrogens (tertiary/aromatic N) is 2. The van der Waals surface area contributed by atoms with Gasteiger partial charge in [-0.2, -0.15) is 4.98 Å². The first kappa shape index (κ1) is 5.70. The lowest BCUT2D eigenvalue weighted by Gasteiger charge is -1.95. The van der Waals surface area contributed by atoms with Gasteiger partial charge in [-0.25, -0.2) is 0 Å². The number of hydrogen-bond acceptors (Lipinski definition) is 4. The average Bonchev–Trinajstić information content (AvgIpc) is 2.45. The van der Waals surface area contributed by atoms with Crippen LogP contribution in [0.2, 0.25) is 0 Å². The van der Waals surface area contributed by atoms with E-state index in [4.69, 9.17) is 10.3 Å². The standard InChI is InChI=1S/C6H9N3O/c1-6(2-3-6)4-8-5(7)9-10-4/h2-3H2,1H3,(H2,7,9). The van der Waals surface area contributed by atoms with Gasteiger partial charge in [-0.1, -0.05) is 6.92 Å². The molecule has 1 heterocycles. The summed E-state index contributed by atoms with van der Waals surface area (Å²) < 4.78 is 4.91. The van der Waals surface area contributed by atoms with Crippen LogP contribution in [0, 0.1) is 0 Å². The van der Waals surface area contributed by atoms with Gasteiger partial charge in [0.1, 0.15) is 0 Å². The number of nitrogens with two attached hydrogens (primary N) is 1. The lowest BCUT2D eigenvalue weighted by atomic mass is 10.1. The average molecular weight is 139 g/mol. The summed E-state index contributed by atoms with van der Waals surface area (Å²) in [5.74, 6) is 0.924. The quantitative estimate of drug-likeness (QED) is 0.622. The maximum absolute atomic E-state index is 5.29. The minimum absolute atomic E-state index is 0.143. The Bertz CT molecular complexity index is 251. The summed E-state index contributed by atoms with van der Waals surface area (Å²) in [6, 6.07) is 0. The molecule has 1 aromatic rings. The van der Waals surface area contributed by atoms with E-state index in [1.807, 2.05) is 0 Å². The van der Waals surface area contributed by atoms with Crippen LogP contribution < -0.4 is 5.73 Å². The highest BCUT2D eigenvalue weighted by atomic mass is 16.5. The number of rotatable bonds is 1. The zero-order valence-electron chi connectivity index (χ0n) is 5.79. The minimum atomic E-state index is 0.143. The smallest absolute Gasteiger partial charge is 0.260 e. The van der Waals surface area contributed by atoms with Gasteiger partial charge in [-0.3, -0.25) is 0 Å². The predicted octanol–water partition coefficient (Wildman–Crippen LogP) is 0.703. The minimum Gasteiger partial charge on any atom is -0.365 e. The highest BCUT2D eigenvalue weighted by Gasteiger charge is 2.44. The molecule has 0 atom stereocenters. The van der Waals surface area contributed by atoms with E-state index in [0.717, 1.165) is 12.8 Å². The monoisotopic (exact) mass is 139 g/mol. The molecule has 0 saturated heterocycles. The highest BCUT2D eigenvalue weighted by Crippen LogP contribution is 2.46. The zero-order valence-corrected chi connectivity index (χ0v) is 5.79. The van der Waals surface area contributed by atoms with Gasteiger partial charge in [0.25, 0.3) is 5.95 Å². The van der Waals surface area contributed by atoms with Crippen molar-refractivity contribution in [3.05, 3.63) is 5.89 Å². The van der Waals surface area contributed by atoms with Gasteiger partial charge in [0, 0.05) is 5.41 Å². The van der Waals surface area contributed by atoms with E-state index in [2.05, 4.69) is 17.1 Å². The molecular weight excluding hydrogens is 130 g/mol. The van der Waals surface area contributed by atoms with Crippen molar-refractivity contribution in [1.29, 1.82) is 0 Å². The van der Waals surface area contributed by atoms with Gasteiger partial charge in [0.05, 0.1) is 0 Å². The van der Waals surface area contributed by atoms with Gasteiger partial charge in [-0.05, 0) is 18.0 Å². The van der Waals surface area contributed by atoms with Crippen molar-refractivity contribution >= 4 is 5.95 Å². The highest BCUT2D eigenvalue weighted by molar-refractivity contribution is 5.19. The Labute approximate surface area is 58.4 Å². The molecule has 0 spiro atoms. The van der Waals surface area contributed by atoms with E-state index in [9.17, 15) is 0 Å². The molecule has 1 fully saturated rings. The van der Waals surface area contributed by atoms with E-state index in [0.29, 0.717) is 5.89 Å². The number of anilines is 1. The molecule has 0 bridgehead atoms. The predicted molar refractivity (Wildman–Crippen MR) is 35.3 cm³/mol. The molecule has 0 radical (unpaired) electrons. The largest absolute Gasteiger partial charge is 0.365 e. The molecule has 54 valence electrons. The summed E-state index contributed by atoms with van der Waals surface area (Å²) in [6.45, 7) is 2.10. The Morgan fingerprint density at radius 1 is 1.60 bits per heavy atom. The normalized spacial score (nSPS) is 20.9. The van der Waals surface area contributed by atoms with Gasteiger partial charge in [-0.15, -0.1) is 0 Å². The molecule has 4 heteroatoms. The summed E-state index contributed by atoms with van der Waals surface area (Å²) >= 11 is 0. The first-order valence-electron chi connectivity index (χ1n) is 3.30. The molecule has 0 aliphatic heterocycles. The number of hydrogen-bond donors (Lipinski definition) is 1. The SMILES string of the molecule is CC1(c2nc(N)no2)CC1. The molecule has 0 amide bonds. The Balaban J connectivity index is 2.34. The third-order valence-corrected chi connectivity index (χ3v) is 1.96. The second-order valence-corrected chi connectivity index (χ2v) is 3.02. The fraction of sp³-hybridized carbons (Fsp3) is 0.667. The van der Waals surface area contributed by atoms with E-state index in [-0.39, 0.29) is 11.4 Å². The van der Waals surface area contributed by atoms with Crippen LogP contribution in [0.4, 0.5) is 5.95 Å². The fourth-order valence-electron chi connectivity index (χ4n) is 0.881. The molecular formula is C6H9N3O. The van der Waals surface area contributed by atoms with E-state index >= 15 is 0 Å². The molecule has 0 aromatic carbocycles. The Kier molecular flexibility index (Phi) is 0.859. The van der Waals surface area contributed by atoms with Crippen LogP contribution in [0.25, 0.3) is 0 Å². The van der Waals surface area contributed by atoms with Crippen molar-refractivity contribution < 1.29 is 4.52 Å². The van der Waals surface area contributed by atoms with Crippen LogP contribution in [0.1, 0.15) is 25.7 Å². The van der Waals surface area contributed by atoms with Crippen LogP contribution >= 0.6 is 0 Å². The summed E-state index contributed by atoms with van der Waals surface area (Å²) in [5, 5.41) is 3.51.